The first-order valence-electron chi connectivity index (χ1n) is 25.0. The molecule has 4 aromatic carbocycles. The predicted molar refractivity (Wildman–Crippen MR) is 273 cm³/mol. The maximum atomic E-state index is 10.3. The second-order valence-corrected chi connectivity index (χ2v) is 19.4. The molecule has 0 aromatic heterocycles. The van der Waals surface area contributed by atoms with Crippen molar-refractivity contribution >= 4 is 0 Å². The van der Waals surface area contributed by atoms with Gasteiger partial charge in [-0.3, -0.25) is 0 Å². The van der Waals surface area contributed by atoms with Crippen molar-refractivity contribution < 1.29 is 124 Å². The van der Waals surface area contributed by atoms with Crippen LogP contribution in [0.15, 0.2) is 72.8 Å². The average Bonchev–Trinajstić information content (AvgIpc) is 4.36. The number of fused-ring (bicyclic) bond motifs is 2. The van der Waals surface area contributed by atoms with E-state index in [-0.39, 0.29) is 76.0 Å². The van der Waals surface area contributed by atoms with Crippen LogP contribution in [-0.2, 0) is 28.4 Å². The molecule has 6 heterocycles. The molecule has 0 spiro atoms. The highest BCUT2D eigenvalue weighted by Gasteiger charge is 2.51. The molecule has 0 radical (unpaired) electrons. The van der Waals surface area contributed by atoms with Gasteiger partial charge in [0.05, 0.1) is 107 Å². The van der Waals surface area contributed by atoms with Crippen LogP contribution in [-0.4, -0.2) is 201 Å². The maximum absolute atomic E-state index is 10.3. The predicted octanol–water partition coefficient (Wildman–Crippen LogP) is -0.541. The summed E-state index contributed by atoms with van der Waals surface area (Å²) in [6.45, 7) is 1.02. The van der Waals surface area contributed by atoms with Crippen LogP contribution in [0.25, 0.3) is 0 Å². The van der Waals surface area contributed by atoms with Crippen LogP contribution in [0, 0.1) is 23.7 Å². The number of hydrogen-bond donors (Lipinski definition) is 8. The third-order valence-corrected chi connectivity index (χ3v) is 15.2. The number of rotatable bonds is 16. The smallest absolute Gasteiger partial charge is 0.229 e. The Bertz CT molecular complexity index is 2400. The molecule has 14 N–H and O–H groups in total. The third kappa shape index (κ3) is 12.4. The molecule has 6 aliphatic rings. The van der Waals surface area contributed by atoms with Gasteiger partial charge in [0, 0.05) is 23.7 Å². The van der Waals surface area contributed by atoms with Crippen LogP contribution in [0.1, 0.15) is 46.7 Å². The highest BCUT2D eigenvalue weighted by Crippen LogP contribution is 2.53. The maximum Gasteiger partial charge on any atom is 0.229 e. The van der Waals surface area contributed by atoms with Crippen molar-refractivity contribution in [3.8, 4) is 46.0 Å². The minimum atomic E-state index is -1.54. The minimum Gasteiger partial charge on any atom is -0.493 e. The van der Waals surface area contributed by atoms with Gasteiger partial charge in [-0.1, -0.05) is 24.3 Å². The zero-order valence-corrected chi connectivity index (χ0v) is 44.4. The Morgan fingerprint density at radius 3 is 0.861 bits per heavy atom. The van der Waals surface area contributed by atoms with Crippen LogP contribution >= 0.6 is 0 Å². The highest BCUT2D eigenvalue weighted by molar-refractivity contribution is 5.47. The fraction of sp³-hybridized carbons (Fsp3) is 0.556. The standard InChI is InChI=1S/2C27H34O11.3H2O/c2*1-32-17-6-4-13(8-19(17)33-2)25-15-11-36-26(16(15)12-35-25)14-5-7-18(20(9-14)34-3)37-27-24(31)23(30)22(29)21(10-28)38-27;;;/h2*4-9,15-16,21-31H,10-12H2,1-3H3;3*1H2/t2*15-,16-,21+,22+,23-,24+,25-,26+,27+;;;/m00.../s1. The second-order valence-electron chi connectivity index (χ2n) is 19.4. The van der Waals surface area contributed by atoms with E-state index in [1.54, 1.807) is 52.7 Å². The number of benzene rings is 4. The van der Waals surface area contributed by atoms with Gasteiger partial charge in [0.25, 0.3) is 0 Å². The molecule has 25 nitrogen and oxygen atoms in total. The Hall–Kier alpha value is -5.40. The van der Waals surface area contributed by atoms with Gasteiger partial charge < -0.3 is 124 Å². The van der Waals surface area contributed by atoms with E-state index in [0.717, 1.165) is 22.3 Å². The number of ether oxygens (including phenoxy) is 14. The third-order valence-electron chi connectivity index (χ3n) is 15.2. The van der Waals surface area contributed by atoms with Gasteiger partial charge in [-0.05, 0) is 70.8 Å². The molecular formula is C54H74O25. The highest BCUT2D eigenvalue weighted by atomic mass is 16.7. The molecule has 6 aliphatic heterocycles. The lowest BCUT2D eigenvalue weighted by molar-refractivity contribution is -0.277. The van der Waals surface area contributed by atoms with E-state index < -0.39 is 74.6 Å². The summed E-state index contributed by atoms with van der Waals surface area (Å²) < 4.78 is 80.1. The molecule has 18 atom stereocenters. The van der Waals surface area contributed by atoms with E-state index in [9.17, 15) is 40.9 Å². The molecule has 25 heteroatoms. The molecular weight excluding hydrogens is 1050 g/mol. The first kappa shape index (κ1) is 62.8. The molecule has 0 bridgehead atoms. The summed E-state index contributed by atoms with van der Waals surface area (Å²) in [6, 6.07) is 22.2. The zero-order chi connectivity index (χ0) is 53.9. The van der Waals surface area contributed by atoms with E-state index in [1.807, 2.05) is 48.5 Å². The molecule has 440 valence electrons. The zero-order valence-electron chi connectivity index (χ0n) is 44.4. The lowest BCUT2D eigenvalue weighted by Crippen LogP contribution is -2.60. The second kappa shape index (κ2) is 27.4. The van der Waals surface area contributed by atoms with Gasteiger partial charge in [-0.2, -0.15) is 0 Å². The van der Waals surface area contributed by atoms with Crippen LogP contribution in [0.5, 0.6) is 46.0 Å². The van der Waals surface area contributed by atoms with E-state index in [0.29, 0.717) is 60.9 Å². The summed E-state index contributed by atoms with van der Waals surface area (Å²) in [7, 11) is 9.39. The van der Waals surface area contributed by atoms with Crippen molar-refractivity contribution in [1.82, 2.24) is 0 Å². The molecule has 10 rings (SSSR count). The molecule has 0 saturated carbocycles. The quantitative estimate of drug-likeness (QED) is 0.0698. The fourth-order valence-electron chi connectivity index (χ4n) is 11.0. The lowest BCUT2D eigenvalue weighted by atomic mass is 9.85. The number of methoxy groups -OCH3 is 6. The normalized spacial score (nSPS) is 33.2. The average molecular weight is 1120 g/mol. The molecule has 79 heavy (non-hydrogen) atoms. The first-order valence-corrected chi connectivity index (χ1v) is 25.0. The summed E-state index contributed by atoms with van der Waals surface area (Å²) in [5.41, 5.74) is 3.76. The SMILES string of the molecule is COc1ccc([C@@H]2OC[C@H]3[C@@H]2CO[C@@H]3c2ccc(O[C@@H]3O[C@H](CO)[C@@H](O)[C@H](O)[C@H]3O)c(OC)c2)cc1OC.COc1ccc([C@@H]2OC[C@H]3[C@@H]2CO[C@@H]3c2ccc(O[C@@H]3O[C@H](CO)[C@@H](O)[C@H](O)[C@H]3O)c(OC)c2)cc1OC.O.O.O. The summed E-state index contributed by atoms with van der Waals surface area (Å²) in [4.78, 5) is 0. The van der Waals surface area contributed by atoms with Crippen LogP contribution < -0.4 is 37.9 Å². The monoisotopic (exact) mass is 1120 g/mol. The molecule has 4 aromatic rings. The summed E-state index contributed by atoms with van der Waals surface area (Å²) in [5.74, 6) is 4.42. The Labute approximate surface area is 455 Å². The first-order chi connectivity index (χ1) is 36.8. The lowest BCUT2D eigenvalue weighted by Gasteiger charge is -2.39. The van der Waals surface area contributed by atoms with E-state index >= 15 is 0 Å². The van der Waals surface area contributed by atoms with Crippen molar-refractivity contribution in [3.05, 3.63) is 95.1 Å². The van der Waals surface area contributed by atoms with Crippen molar-refractivity contribution in [2.45, 2.75) is 85.8 Å². The number of aliphatic hydroxyl groups is 8. The van der Waals surface area contributed by atoms with Gasteiger partial charge in [-0.25, -0.2) is 0 Å². The number of aliphatic hydroxyl groups excluding tert-OH is 8. The minimum absolute atomic E-state index is 0. The van der Waals surface area contributed by atoms with Crippen molar-refractivity contribution in [2.24, 2.45) is 23.7 Å². The number of hydrogen-bond acceptors (Lipinski definition) is 22. The van der Waals surface area contributed by atoms with Crippen LogP contribution in [0.4, 0.5) is 0 Å². The molecule has 6 fully saturated rings. The molecule has 0 unspecified atom stereocenters. The summed E-state index contributed by atoms with van der Waals surface area (Å²) >= 11 is 0. The van der Waals surface area contributed by atoms with Crippen molar-refractivity contribution in [3.63, 3.8) is 0 Å². The fourth-order valence-corrected chi connectivity index (χ4v) is 11.0. The van der Waals surface area contributed by atoms with Gasteiger partial charge in [0.1, 0.15) is 48.8 Å². The van der Waals surface area contributed by atoms with E-state index in [1.165, 1.54) is 14.2 Å². The molecule has 6 saturated heterocycles. The van der Waals surface area contributed by atoms with Crippen molar-refractivity contribution in [2.75, 3.05) is 82.3 Å². The Morgan fingerprint density at radius 2 is 0.608 bits per heavy atom. The van der Waals surface area contributed by atoms with Crippen LogP contribution in [0.2, 0.25) is 0 Å². The van der Waals surface area contributed by atoms with Crippen molar-refractivity contribution in [1.29, 1.82) is 0 Å². The van der Waals surface area contributed by atoms with Gasteiger partial charge in [-0.15, -0.1) is 0 Å². The summed E-state index contributed by atoms with van der Waals surface area (Å²) in [6.07, 6.45) is -14.6. The Balaban J connectivity index is 0.000000246. The van der Waals surface area contributed by atoms with E-state index in [2.05, 4.69) is 0 Å². The largest absolute Gasteiger partial charge is 0.493 e. The van der Waals surface area contributed by atoms with Gasteiger partial charge >= 0.3 is 0 Å². The van der Waals surface area contributed by atoms with E-state index in [4.69, 9.17) is 66.3 Å². The molecule has 0 aliphatic carbocycles. The van der Waals surface area contributed by atoms with Crippen LogP contribution in [0.3, 0.4) is 0 Å². The Kier molecular flexibility index (Phi) is 21.8. The molecule has 0 amide bonds. The van der Waals surface area contributed by atoms with Gasteiger partial charge in [0.15, 0.2) is 46.0 Å². The van der Waals surface area contributed by atoms with Gasteiger partial charge in [0.2, 0.25) is 12.6 Å². The topological polar surface area (TPSA) is 386 Å². The Morgan fingerprint density at radius 1 is 0.354 bits per heavy atom. The summed E-state index contributed by atoms with van der Waals surface area (Å²) in [5, 5.41) is 79.6.